The van der Waals surface area contributed by atoms with Crippen molar-refractivity contribution in [3.63, 3.8) is 0 Å². The first-order chi connectivity index (χ1) is 11.2. The number of ketones is 1. The minimum atomic E-state index is -0.201. The number of ether oxygens (including phenoxy) is 1. The number of aliphatic hydroxyl groups is 1. The van der Waals surface area contributed by atoms with Gasteiger partial charge in [0.1, 0.15) is 11.5 Å². The number of pyridine rings is 1. The first-order valence-corrected chi connectivity index (χ1v) is 7.21. The van der Waals surface area contributed by atoms with Gasteiger partial charge in [-0.25, -0.2) is 4.98 Å². The first kappa shape index (κ1) is 13.5. The third-order valence-corrected chi connectivity index (χ3v) is 4.05. The van der Waals surface area contributed by atoms with Crippen molar-refractivity contribution < 1.29 is 14.6 Å². The molecule has 0 amide bonds. The zero-order valence-corrected chi connectivity index (χ0v) is 12.4. The summed E-state index contributed by atoms with van der Waals surface area (Å²) >= 11 is 0. The van der Waals surface area contributed by atoms with E-state index in [0.717, 1.165) is 5.39 Å². The number of nitrogens with zero attached hydrogens (tertiary/aromatic N) is 1. The molecule has 1 aromatic heterocycles. The van der Waals surface area contributed by atoms with Gasteiger partial charge in [0.2, 0.25) is 0 Å². The molecule has 112 valence electrons. The highest BCUT2D eigenvalue weighted by atomic mass is 16.5. The third kappa shape index (κ3) is 1.99. The first-order valence-electron chi connectivity index (χ1n) is 7.21. The van der Waals surface area contributed by atoms with Crippen LogP contribution in [0.4, 0.5) is 0 Å². The summed E-state index contributed by atoms with van der Waals surface area (Å²) in [6.45, 7) is 0. The Morgan fingerprint density at radius 3 is 2.48 bits per heavy atom. The second kappa shape index (κ2) is 4.95. The van der Waals surface area contributed by atoms with Crippen LogP contribution in [0.15, 0.2) is 54.6 Å². The Hall–Kier alpha value is -3.14. The molecule has 4 rings (SSSR count). The zero-order chi connectivity index (χ0) is 16.0. The van der Waals surface area contributed by atoms with E-state index >= 15 is 0 Å². The van der Waals surface area contributed by atoms with Gasteiger partial charge in [-0.15, -0.1) is 0 Å². The highest BCUT2D eigenvalue weighted by Crippen LogP contribution is 2.36. The molecule has 1 N–H and O–H groups in total. The molecule has 0 unspecified atom stereocenters. The quantitative estimate of drug-likeness (QED) is 0.781. The van der Waals surface area contributed by atoms with Crippen molar-refractivity contribution in [3.05, 3.63) is 71.4 Å². The van der Waals surface area contributed by atoms with Crippen LogP contribution in [0.2, 0.25) is 0 Å². The highest BCUT2D eigenvalue weighted by molar-refractivity contribution is 6.38. The summed E-state index contributed by atoms with van der Waals surface area (Å²) in [4.78, 5) is 17.1. The van der Waals surface area contributed by atoms with E-state index in [0.29, 0.717) is 28.1 Å². The van der Waals surface area contributed by atoms with Gasteiger partial charge >= 0.3 is 0 Å². The standard InChI is InChI=1S/C19H13NO3/c1-23-12-8-6-11-7-9-15(20-16(11)10-12)17-18(21)13-4-2-3-5-14(13)19(17)22/h2-10,21H,1H3. The van der Waals surface area contributed by atoms with E-state index in [-0.39, 0.29) is 17.1 Å². The van der Waals surface area contributed by atoms with Crippen molar-refractivity contribution in [3.8, 4) is 5.75 Å². The van der Waals surface area contributed by atoms with Crippen molar-refractivity contribution in [1.29, 1.82) is 0 Å². The van der Waals surface area contributed by atoms with E-state index in [4.69, 9.17) is 4.74 Å². The topological polar surface area (TPSA) is 59.4 Å². The van der Waals surface area contributed by atoms with Gasteiger partial charge in [0, 0.05) is 22.6 Å². The monoisotopic (exact) mass is 303 g/mol. The molecule has 0 spiro atoms. The fourth-order valence-electron chi connectivity index (χ4n) is 2.87. The van der Waals surface area contributed by atoms with Crippen LogP contribution in [0.5, 0.6) is 5.75 Å². The van der Waals surface area contributed by atoms with E-state index in [1.807, 2.05) is 24.3 Å². The average molecular weight is 303 g/mol. The molecule has 0 fully saturated rings. The maximum absolute atomic E-state index is 12.6. The maximum Gasteiger partial charge on any atom is 0.199 e. The van der Waals surface area contributed by atoms with Crippen molar-refractivity contribution in [1.82, 2.24) is 4.98 Å². The summed E-state index contributed by atoms with van der Waals surface area (Å²) in [5.74, 6) is 0.481. The molecule has 23 heavy (non-hydrogen) atoms. The van der Waals surface area contributed by atoms with Crippen LogP contribution in [-0.4, -0.2) is 23.0 Å². The molecule has 0 saturated carbocycles. The summed E-state index contributed by atoms with van der Waals surface area (Å²) in [5, 5.41) is 11.4. The predicted octanol–water partition coefficient (Wildman–Crippen LogP) is 3.87. The minimum absolute atomic E-state index is 0.0136. The van der Waals surface area contributed by atoms with E-state index in [2.05, 4.69) is 4.98 Å². The van der Waals surface area contributed by atoms with E-state index < -0.39 is 0 Å². The minimum Gasteiger partial charge on any atom is -0.506 e. The lowest BCUT2D eigenvalue weighted by Crippen LogP contribution is -2.00. The molecular weight excluding hydrogens is 290 g/mol. The van der Waals surface area contributed by atoms with Gasteiger partial charge in [0.05, 0.1) is 23.9 Å². The molecule has 0 bridgehead atoms. The normalized spacial score (nSPS) is 13.5. The van der Waals surface area contributed by atoms with Gasteiger partial charge in [0.25, 0.3) is 0 Å². The Morgan fingerprint density at radius 2 is 1.74 bits per heavy atom. The highest BCUT2D eigenvalue weighted by Gasteiger charge is 2.31. The van der Waals surface area contributed by atoms with Crippen LogP contribution in [0.3, 0.4) is 0 Å². The molecule has 3 aromatic rings. The smallest absolute Gasteiger partial charge is 0.199 e. The summed E-state index contributed by atoms with van der Waals surface area (Å²) < 4.78 is 5.21. The molecule has 1 heterocycles. The van der Waals surface area contributed by atoms with Crippen molar-refractivity contribution in [2.24, 2.45) is 0 Å². The number of aromatic nitrogens is 1. The number of aliphatic hydroxyl groups excluding tert-OH is 1. The second-order valence-electron chi connectivity index (χ2n) is 5.35. The fraction of sp³-hybridized carbons (Fsp3) is 0.0526. The SMILES string of the molecule is COc1ccc2ccc(C3=C(O)c4ccccc4C3=O)nc2c1. The molecule has 0 aliphatic heterocycles. The Bertz CT molecular complexity index is 989. The number of carbonyl (C=O) groups excluding carboxylic acids is 1. The Balaban J connectivity index is 1.90. The number of fused-ring (bicyclic) bond motifs is 2. The Labute approximate surface area is 132 Å². The summed E-state index contributed by atoms with van der Waals surface area (Å²) in [6.07, 6.45) is 0. The number of rotatable bonds is 2. The molecule has 0 atom stereocenters. The average Bonchev–Trinajstić information content (AvgIpc) is 2.85. The lowest BCUT2D eigenvalue weighted by atomic mass is 10.1. The number of methoxy groups -OCH3 is 1. The van der Waals surface area contributed by atoms with Gasteiger partial charge in [-0.1, -0.05) is 30.3 Å². The summed E-state index contributed by atoms with van der Waals surface area (Å²) in [6, 6.07) is 16.2. The van der Waals surface area contributed by atoms with Gasteiger partial charge < -0.3 is 9.84 Å². The molecular formula is C19H13NO3. The van der Waals surface area contributed by atoms with E-state index in [1.54, 1.807) is 37.4 Å². The zero-order valence-electron chi connectivity index (χ0n) is 12.4. The van der Waals surface area contributed by atoms with Crippen LogP contribution in [-0.2, 0) is 0 Å². The molecule has 0 saturated heterocycles. The van der Waals surface area contributed by atoms with E-state index in [9.17, 15) is 9.90 Å². The predicted molar refractivity (Wildman–Crippen MR) is 88.5 cm³/mol. The van der Waals surface area contributed by atoms with E-state index in [1.165, 1.54) is 0 Å². The largest absolute Gasteiger partial charge is 0.506 e. The molecule has 4 heteroatoms. The van der Waals surface area contributed by atoms with Crippen LogP contribution < -0.4 is 4.74 Å². The lowest BCUT2D eigenvalue weighted by molar-refractivity contribution is 0.105. The maximum atomic E-state index is 12.6. The summed E-state index contributed by atoms with van der Waals surface area (Å²) in [7, 11) is 1.59. The number of hydrogen-bond acceptors (Lipinski definition) is 4. The molecule has 1 aliphatic rings. The number of Topliss-reactive ketones (excluding diaryl/α,β-unsaturated/α-hetero) is 1. The molecule has 0 radical (unpaired) electrons. The van der Waals surface area contributed by atoms with Gasteiger partial charge in [-0.3, -0.25) is 4.79 Å². The number of hydrogen-bond donors (Lipinski definition) is 1. The van der Waals surface area contributed by atoms with Crippen LogP contribution in [0.1, 0.15) is 21.6 Å². The van der Waals surface area contributed by atoms with Crippen molar-refractivity contribution in [2.75, 3.05) is 7.11 Å². The second-order valence-corrected chi connectivity index (χ2v) is 5.35. The number of benzene rings is 2. The van der Waals surface area contributed by atoms with Crippen LogP contribution in [0, 0.1) is 0 Å². The van der Waals surface area contributed by atoms with Crippen molar-refractivity contribution >= 4 is 28.0 Å². The van der Waals surface area contributed by atoms with Crippen LogP contribution in [0.25, 0.3) is 22.2 Å². The van der Waals surface area contributed by atoms with Crippen LogP contribution >= 0.6 is 0 Å². The number of carbonyl (C=O) groups is 1. The molecule has 1 aliphatic carbocycles. The van der Waals surface area contributed by atoms with Gasteiger partial charge in [0.15, 0.2) is 5.78 Å². The summed E-state index contributed by atoms with van der Waals surface area (Å²) in [5.41, 5.74) is 2.49. The molecule has 2 aromatic carbocycles. The van der Waals surface area contributed by atoms with Crippen molar-refractivity contribution in [2.45, 2.75) is 0 Å². The molecule has 4 nitrogen and oxygen atoms in total. The van der Waals surface area contributed by atoms with Gasteiger partial charge in [-0.05, 0) is 18.2 Å². The lowest BCUT2D eigenvalue weighted by Gasteiger charge is -2.05. The number of allylic oxidation sites excluding steroid dienone is 1. The Morgan fingerprint density at radius 1 is 1.00 bits per heavy atom. The van der Waals surface area contributed by atoms with Gasteiger partial charge in [-0.2, -0.15) is 0 Å². The fourth-order valence-corrected chi connectivity index (χ4v) is 2.87. The Kier molecular flexibility index (Phi) is 2.91. The third-order valence-electron chi connectivity index (χ3n) is 4.05.